The normalized spacial score (nSPS) is 10.6. The van der Waals surface area contributed by atoms with Crippen LogP contribution < -0.4 is 10.1 Å². The minimum absolute atomic E-state index is 0.0683. The summed E-state index contributed by atoms with van der Waals surface area (Å²) in [4.78, 5) is 26.4. The number of carbonyl (C=O) groups excluding carboxylic acids is 2. The number of hydrogen-bond acceptors (Lipinski definition) is 4. The summed E-state index contributed by atoms with van der Waals surface area (Å²) in [6, 6.07) is 20.4. The van der Waals surface area contributed by atoms with Gasteiger partial charge in [0.2, 0.25) is 0 Å². The van der Waals surface area contributed by atoms with Crippen molar-refractivity contribution in [2.75, 3.05) is 26.0 Å². The molecule has 0 spiro atoms. The maximum atomic E-state index is 13.4. The van der Waals surface area contributed by atoms with Gasteiger partial charge in [-0.1, -0.05) is 23.8 Å². The second-order valence-corrected chi connectivity index (χ2v) is 8.24. The summed E-state index contributed by atoms with van der Waals surface area (Å²) in [5.74, 6) is -0.324. The molecule has 1 heterocycles. The quantitative estimate of drug-likeness (QED) is 0.423. The molecule has 0 aliphatic rings. The lowest BCUT2D eigenvalue weighted by Crippen LogP contribution is -2.27. The molecule has 4 aromatic rings. The van der Waals surface area contributed by atoms with Crippen LogP contribution in [0.2, 0.25) is 0 Å². The maximum absolute atomic E-state index is 13.4. The van der Waals surface area contributed by atoms with Crippen LogP contribution in [0.5, 0.6) is 5.75 Å². The van der Waals surface area contributed by atoms with Gasteiger partial charge in [0.05, 0.1) is 11.3 Å². The lowest BCUT2D eigenvalue weighted by atomic mass is 10.1. The molecule has 2 amide bonds. The highest BCUT2D eigenvalue weighted by molar-refractivity contribution is 6.08. The largest absolute Gasteiger partial charge is 0.484 e. The van der Waals surface area contributed by atoms with Crippen LogP contribution in [0.3, 0.4) is 0 Å². The molecule has 8 heteroatoms. The second kappa shape index (κ2) is 10.2. The number of nitrogens with zero attached hydrogens (tertiary/aromatic N) is 3. The van der Waals surface area contributed by atoms with Crippen molar-refractivity contribution in [3.8, 4) is 22.7 Å². The standard InChI is InChI=1S/C27H25FN4O3/c1-18-5-4-6-19(15-18)26-24(16-32(30-26)22-11-7-20(28)8-12-22)27(34)29-21-9-13-23(14-10-21)35-17-25(33)31(2)3/h4-16H,17H2,1-3H3,(H,29,34). The van der Waals surface area contributed by atoms with Crippen LogP contribution in [0.1, 0.15) is 15.9 Å². The third-order valence-electron chi connectivity index (χ3n) is 5.31. The first-order valence-corrected chi connectivity index (χ1v) is 11.0. The van der Waals surface area contributed by atoms with Gasteiger partial charge in [0.1, 0.15) is 17.3 Å². The van der Waals surface area contributed by atoms with Crippen LogP contribution in [0, 0.1) is 12.7 Å². The maximum Gasteiger partial charge on any atom is 0.259 e. The van der Waals surface area contributed by atoms with E-state index in [1.54, 1.807) is 61.4 Å². The van der Waals surface area contributed by atoms with Gasteiger partial charge >= 0.3 is 0 Å². The van der Waals surface area contributed by atoms with Crippen molar-refractivity contribution in [3.05, 3.63) is 95.9 Å². The highest BCUT2D eigenvalue weighted by atomic mass is 19.1. The first-order chi connectivity index (χ1) is 16.8. The van der Waals surface area contributed by atoms with E-state index in [-0.39, 0.29) is 24.2 Å². The monoisotopic (exact) mass is 472 g/mol. The lowest BCUT2D eigenvalue weighted by Gasteiger charge is -2.12. The number of rotatable bonds is 7. The Balaban J connectivity index is 1.58. The van der Waals surface area contributed by atoms with Crippen molar-refractivity contribution in [1.82, 2.24) is 14.7 Å². The van der Waals surface area contributed by atoms with E-state index < -0.39 is 0 Å². The SMILES string of the molecule is Cc1cccc(-c2nn(-c3ccc(F)cc3)cc2C(=O)Nc2ccc(OCC(=O)N(C)C)cc2)c1. The van der Waals surface area contributed by atoms with E-state index in [4.69, 9.17) is 4.74 Å². The van der Waals surface area contributed by atoms with Crippen molar-refractivity contribution in [1.29, 1.82) is 0 Å². The molecule has 3 aromatic carbocycles. The Hall–Kier alpha value is -4.46. The van der Waals surface area contributed by atoms with E-state index in [1.165, 1.54) is 17.0 Å². The van der Waals surface area contributed by atoms with Crippen molar-refractivity contribution in [3.63, 3.8) is 0 Å². The van der Waals surface area contributed by atoms with Crippen LogP contribution >= 0.6 is 0 Å². The molecular formula is C27H25FN4O3. The molecule has 4 rings (SSSR count). The van der Waals surface area contributed by atoms with Crippen LogP contribution in [0.4, 0.5) is 10.1 Å². The number of amides is 2. The minimum atomic E-state index is -0.351. The van der Waals surface area contributed by atoms with Gasteiger partial charge in [0, 0.05) is 31.5 Å². The highest BCUT2D eigenvalue weighted by Crippen LogP contribution is 2.26. The summed E-state index contributed by atoms with van der Waals surface area (Å²) < 4.78 is 20.4. The predicted octanol–water partition coefficient (Wildman–Crippen LogP) is 4.71. The van der Waals surface area contributed by atoms with Crippen LogP contribution in [0.25, 0.3) is 16.9 Å². The molecule has 1 N–H and O–H groups in total. The fraction of sp³-hybridized carbons (Fsp3) is 0.148. The van der Waals surface area contributed by atoms with E-state index in [0.29, 0.717) is 28.4 Å². The summed E-state index contributed by atoms with van der Waals surface area (Å²) in [6.07, 6.45) is 1.63. The van der Waals surface area contributed by atoms with Crippen molar-refractivity contribution in [2.24, 2.45) is 0 Å². The van der Waals surface area contributed by atoms with E-state index in [0.717, 1.165) is 11.1 Å². The fourth-order valence-electron chi connectivity index (χ4n) is 3.38. The minimum Gasteiger partial charge on any atom is -0.484 e. The Bertz CT molecular complexity index is 1350. The number of halogens is 1. The topological polar surface area (TPSA) is 76.5 Å². The van der Waals surface area contributed by atoms with Gasteiger partial charge < -0.3 is 15.0 Å². The zero-order valence-electron chi connectivity index (χ0n) is 19.7. The number of carbonyl (C=O) groups is 2. The summed E-state index contributed by atoms with van der Waals surface area (Å²) in [7, 11) is 3.32. The van der Waals surface area contributed by atoms with Crippen molar-refractivity contribution in [2.45, 2.75) is 6.92 Å². The van der Waals surface area contributed by atoms with Gasteiger partial charge in [-0.25, -0.2) is 9.07 Å². The molecule has 0 fully saturated rings. The van der Waals surface area contributed by atoms with E-state index in [1.807, 2.05) is 31.2 Å². The summed E-state index contributed by atoms with van der Waals surface area (Å²) in [5, 5.41) is 7.52. The Morgan fingerprint density at radius 1 is 1.03 bits per heavy atom. The third-order valence-corrected chi connectivity index (χ3v) is 5.31. The van der Waals surface area contributed by atoms with Gasteiger partial charge in [-0.05, 0) is 61.5 Å². The van der Waals surface area contributed by atoms with E-state index in [9.17, 15) is 14.0 Å². The number of anilines is 1. The van der Waals surface area contributed by atoms with E-state index in [2.05, 4.69) is 10.4 Å². The smallest absolute Gasteiger partial charge is 0.259 e. The van der Waals surface area contributed by atoms with Crippen LogP contribution in [-0.4, -0.2) is 47.2 Å². The van der Waals surface area contributed by atoms with Gasteiger partial charge in [0.25, 0.3) is 11.8 Å². The second-order valence-electron chi connectivity index (χ2n) is 8.24. The zero-order chi connectivity index (χ0) is 24.9. The molecule has 1 aromatic heterocycles. The Kier molecular flexibility index (Phi) is 6.91. The van der Waals surface area contributed by atoms with Gasteiger partial charge in [-0.2, -0.15) is 5.10 Å². The number of likely N-dealkylation sites (N-methyl/N-ethyl adjacent to an activating group) is 1. The average molecular weight is 473 g/mol. The molecule has 0 aliphatic heterocycles. The van der Waals surface area contributed by atoms with Crippen LogP contribution in [0.15, 0.2) is 79.0 Å². The number of ether oxygens (including phenoxy) is 1. The van der Waals surface area contributed by atoms with E-state index >= 15 is 0 Å². The molecule has 0 saturated carbocycles. The summed E-state index contributed by atoms with van der Waals surface area (Å²) >= 11 is 0. The summed E-state index contributed by atoms with van der Waals surface area (Å²) in [5.41, 5.74) is 3.91. The van der Waals surface area contributed by atoms with Crippen molar-refractivity contribution >= 4 is 17.5 Å². The molecular weight excluding hydrogens is 447 g/mol. The zero-order valence-corrected chi connectivity index (χ0v) is 19.7. The Labute approximate surface area is 202 Å². The van der Waals surface area contributed by atoms with Gasteiger partial charge in [-0.3, -0.25) is 9.59 Å². The van der Waals surface area contributed by atoms with Gasteiger partial charge in [0.15, 0.2) is 6.61 Å². The predicted molar refractivity (Wildman–Crippen MR) is 132 cm³/mol. The molecule has 0 atom stereocenters. The fourth-order valence-corrected chi connectivity index (χ4v) is 3.38. The number of nitrogens with one attached hydrogen (secondary N) is 1. The lowest BCUT2D eigenvalue weighted by molar-refractivity contribution is -0.130. The third kappa shape index (κ3) is 5.73. The first kappa shape index (κ1) is 23.7. The number of aromatic nitrogens is 2. The Morgan fingerprint density at radius 2 is 1.74 bits per heavy atom. The number of benzene rings is 3. The van der Waals surface area contributed by atoms with Crippen LogP contribution in [-0.2, 0) is 4.79 Å². The van der Waals surface area contributed by atoms with Crippen molar-refractivity contribution < 1.29 is 18.7 Å². The van der Waals surface area contributed by atoms with Gasteiger partial charge in [-0.15, -0.1) is 0 Å². The molecule has 35 heavy (non-hydrogen) atoms. The summed E-state index contributed by atoms with van der Waals surface area (Å²) in [6.45, 7) is 1.90. The molecule has 178 valence electrons. The molecule has 0 radical (unpaired) electrons. The highest BCUT2D eigenvalue weighted by Gasteiger charge is 2.19. The molecule has 7 nitrogen and oxygen atoms in total. The number of aryl methyl sites for hydroxylation is 1. The molecule has 0 saturated heterocycles. The molecule has 0 bridgehead atoms. The number of hydrogen-bond donors (Lipinski definition) is 1. The Morgan fingerprint density at radius 3 is 2.40 bits per heavy atom. The average Bonchev–Trinajstić information content (AvgIpc) is 3.29. The molecule has 0 aliphatic carbocycles. The first-order valence-electron chi connectivity index (χ1n) is 11.0. The molecule has 0 unspecified atom stereocenters.